The Balaban J connectivity index is 1.94. The third-order valence-electron chi connectivity index (χ3n) is 2.52. The Morgan fingerprint density at radius 1 is 1.11 bits per heavy atom. The molecule has 18 heavy (non-hydrogen) atoms. The Bertz CT molecular complexity index is 545. The van der Waals surface area contributed by atoms with Gasteiger partial charge in [0.15, 0.2) is 0 Å². The molecule has 4 heteroatoms. The lowest BCUT2D eigenvalue weighted by molar-refractivity contribution is 0.107. The lowest BCUT2D eigenvalue weighted by atomic mass is 10.2. The van der Waals surface area contributed by atoms with E-state index in [-0.39, 0.29) is 5.82 Å². The maximum absolute atomic E-state index is 13.0. The molecule has 0 amide bonds. The Hall–Kier alpha value is -1.39. The molecular weight excluding hydrogens is 297 g/mol. The summed E-state index contributed by atoms with van der Waals surface area (Å²) < 4.78 is 19.6. The van der Waals surface area contributed by atoms with E-state index in [0.29, 0.717) is 24.5 Å². The summed E-state index contributed by atoms with van der Waals surface area (Å²) in [5.41, 5.74) is 8.01. The summed E-state index contributed by atoms with van der Waals surface area (Å²) in [6.45, 7) is 0.769. The highest BCUT2D eigenvalue weighted by molar-refractivity contribution is 9.10. The summed E-state index contributed by atoms with van der Waals surface area (Å²) in [5.74, 6) is -0.301. The van der Waals surface area contributed by atoms with Crippen LogP contribution >= 0.6 is 15.9 Å². The molecule has 0 heterocycles. The van der Waals surface area contributed by atoms with Gasteiger partial charge in [-0.1, -0.05) is 28.1 Å². The predicted octanol–water partition coefficient (Wildman–Crippen LogP) is 3.89. The molecule has 2 N–H and O–H groups in total. The van der Waals surface area contributed by atoms with Gasteiger partial charge in [0.05, 0.1) is 13.2 Å². The molecule has 2 nitrogen and oxygen atoms in total. The number of halogens is 2. The van der Waals surface area contributed by atoms with Crippen molar-refractivity contribution in [3.8, 4) is 0 Å². The number of nitrogens with two attached hydrogens (primary N) is 1. The lowest BCUT2D eigenvalue weighted by Gasteiger charge is -2.07. The molecule has 0 spiro atoms. The van der Waals surface area contributed by atoms with Gasteiger partial charge in [0, 0.05) is 15.7 Å². The van der Waals surface area contributed by atoms with Crippen molar-refractivity contribution in [1.29, 1.82) is 0 Å². The van der Waals surface area contributed by atoms with Crippen LogP contribution in [0.5, 0.6) is 0 Å². The number of anilines is 1. The van der Waals surface area contributed by atoms with Crippen LogP contribution in [0.25, 0.3) is 0 Å². The van der Waals surface area contributed by atoms with Gasteiger partial charge in [-0.25, -0.2) is 4.39 Å². The Morgan fingerprint density at radius 2 is 1.94 bits per heavy atom. The smallest absolute Gasteiger partial charge is 0.123 e. The topological polar surface area (TPSA) is 35.2 Å². The standard InChI is InChI=1S/C14H13BrFNO/c15-12-3-1-2-10(6-12)8-18-9-11-7-13(16)4-5-14(11)17/h1-7H,8-9,17H2. The molecule has 0 saturated heterocycles. The van der Waals surface area contributed by atoms with Gasteiger partial charge in [-0.2, -0.15) is 0 Å². The maximum Gasteiger partial charge on any atom is 0.123 e. The van der Waals surface area contributed by atoms with Crippen LogP contribution in [-0.4, -0.2) is 0 Å². The van der Waals surface area contributed by atoms with Crippen molar-refractivity contribution in [3.05, 3.63) is 63.9 Å². The molecule has 2 aromatic carbocycles. The number of nitrogen functional groups attached to an aromatic ring is 1. The van der Waals surface area contributed by atoms with Gasteiger partial charge in [-0.05, 0) is 35.9 Å². The number of hydrogen-bond acceptors (Lipinski definition) is 2. The zero-order valence-electron chi connectivity index (χ0n) is 9.70. The molecule has 94 valence electrons. The minimum Gasteiger partial charge on any atom is -0.398 e. The normalized spacial score (nSPS) is 10.6. The monoisotopic (exact) mass is 309 g/mol. The minimum atomic E-state index is -0.301. The maximum atomic E-state index is 13.0. The third kappa shape index (κ3) is 3.55. The second-order valence-corrected chi connectivity index (χ2v) is 4.88. The first-order chi connectivity index (χ1) is 8.65. The molecule has 0 aliphatic heterocycles. The minimum absolute atomic E-state index is 0.301. The SMILES string of the molecule is Nc1ccc(F)cc1COCc1cccc(Br)c1. The third-order valence-corrected chi connectivity index (χ3v) is 3.01. The number of ether oxygens (including phenoxy) is 1. The van der Waals surface area contributed by atoms with E-state index in [4.69, 9.17) is 10.5 Å². The van der Waals surface area contributed by atoms with Gasteiger partial charge < -0.3 is 10.5 Å². The van der Waals surface area contributed by atoms with Crippen LogP contribution in [0.15, 0.2) is 46.9 Å². The first kappa shape index (κ1) is 13.1. The van der Waals surface area contributed by atoms with E-state index < -0.39 is 0 Å². The molecule has 0 atom stereocenters. The summed E-state index contributed by atoms with van der Waals surface area (Å²) in [4.78, 5) is 0. The van der Waals surface area contributed by atoms with E-state index >= 15 is 0 Å². The van der Waals surface area contributed by atoms with Gasteiger partial charge in [0.25, 0.3) is 0 Å². The molecule has 0 unspecified atom stereocenters. The van der Waals surface area contributed by atoms with E-state index in [0.717, 1.165) is 10.0 Å². The van der Waals surface area contributed by atoms with Gasteiger partial charge in [-0.3, -0.25) is 0 Å². The molecule has 0 radical (unpaired) electrons. The van der Waals surface area contributed by atoms with Crippen LogP contribution in [0.3, 0.4) is 0 Å². The molecular formula is C14H13BrFNO. The zero-order valence-corrected chi connectivity index (χ0v) is 11.3. The first-order valence-corrected chi connectivity index (χ1v) is 6.30. The van der Waals surface area contributed by atoms with Crippen LogP contribution in [0.2, 0.25) is 0 Å². The van der Waals surface area contributed by atoms with Crippen molar-refractivity contribution in [3.63, 3.8) is 0 Å². The molecule has 0 bridgehead atoms. The molecule has 2 aromatic rings. The summed E-state index contributed by atoms with van der Waals surface area (Å²) in [7, 11) is 0. The highest BCUT2D eigenvalue weighted by Gasteiger charge is 2.02. The number of rotatable bonds is 4. The van der Waals surface area contributed by atoms with E-state index in [9.17, 15) is 4.39 Å². The molecule has 0 saturated carbocycles. The van der Waals surface area contributed by atoms with Crippen molar-refractivity contribution < 1.29 is 9.13 Å². The molecule has 0 aliphatic rings. The van der Waals surface area contributed by atoms with Crippen LogP contribution in [0, 0.1) is 5.82 Å². The van der Waals surface area contributed by atoms with Crippen LogP contribution in [0.4, 0.5) is 10.1 Å². The highest BCUT2D eigenvalue weighted by Crippen LogP contribution is 2.16. The van der Waals surface area contributed by atoms with Crippen molar-refractivity contribution in [2.45, 2.75) is 13.2 Å². The van der Waals surface area contributed by atoms with E-state index in [2.05, 4.69) is 15.9 Å². The predicted molar refractivity (Wildman–Crippen MR) is 73.4 cm³/mol. The van der Waals surface area contributed by atoms with Crippen LogP contribution in [0.1, 0.15) is 11.1 Å². The fourth-order valence-electron chi connectivity index (χ4n) is 1.60. The van der Waals surface area contributed by atoms with Gasteiger partial charge in [0.1, 0.15) is 5.82 Å². The van der Waals surface area contributed by atoms with E-state index in [1.54, 1.807) is 6.07 Å². The lowest BCUT2D eigenvalue weighted by Crippen LogP contribution is -1.99. The summed E-state index contributed by atoms with van der Waals surface area (Å²) in [5, 5.41) is 0. The second kappa shape index (κ2) is 5.98. The van der Waals surface area contributed by atoms with Crippen molar-refractivity contribution in [1.82, 2.24) is 0 Å². The van der Waals surface area contributed by atoms with E-state index in [1.807, 2.05) is 24.3 Å². The summed E-state index contributed by atoms with van der Waals surface area (Å²) in [6.07, 6.45) is 0. The molecule has 2 rings (SSSR count). The largest absolute Gasteiger partial charge is 0.398 e. The van der Waals surface area contributed by atoms with Crippen molar-refractivity contribution in [2.24, 2.45) is 0 Å². The molecule has 0 aromatic heterocycles. The average Bonchev–Trinajstić information content (AvgIpc) is 2.34. The summed E-state index contributed by atoms with van der Waals surface area (Å²) in [6, 6.07) is 12.1. The first-order valence-electron chi connectivity index (χ1n) is 5.51. The number of hydrogen-bond donors (Lipinski definition) is 1. The Kier molecular flexibility index (Phi) is 4.33. The summed E-state index contributed by atoms with van der Waals surface area (Å²) >= 11 is 3.39. The Labute approximate surface area is 114 Å². The van der Waals surface area contributed by atoms with Crippen molar-refractivity contribution >= 4 is 21.6 Å². The molecule has 0 fully saturated rings. The highest BCUT2D eigenvalue weighted by atomic mass is 79.9. The Morgan fingerprint density at radius 3 is 2.72 bits per heavy atom. The zero-order chi connectivity index (χ0) is 13.0. The number of benzene rings is 2. The second-order valence-electron chi connectivity index (χ2n) is 3.97. The molecule has 0 aliphatic carbocycles. The fraction of sp³-hybridized carbons (Fsp3) is 0.143. The van der Waals surface area contributed by atoms with Crippen molar-refractivity contribution in [2.75, 3.05) is 5.73 Å². The van der Waals surface area contributed by atoms with Gasteiger partial charge >= 0.3 is 0 Å². The van der Waals surface area contributed by atoms with Crippen LogP contribution in [-0.2, 0) is 18.0 Å². The fourth-order valence-corrected chi connectivity index (χ4v) is 2.05. The average molecular weight is 310 g/mol. The van der Waals surface area contributed by atoms with Gasteiger partial charge in [0.2, 0.25) is 0 Å². The van der Waals surface area contributed by atoms with E-state index in [1.165, 1.54) is 12.1 Å². The quantitative estimate of drug-likeness (QED) is 0.870. The van der Waals surface area contributed by atoms with Crippen LogP contribution < -0.4 is 5.73 Å². The van der Waals surface area contributed by atoms with Gasteiger partial charge in [-0.15, -0.1) is 0 Å².